The fourth-order valence-electron chi connectivity index (χ4n) is 2.10. The van der Waals surface area contributed by atoms with E-state index in [2.05, 4.69) is 15.3 Å². The average Bonchev–Trinajstić information content (AvgIpc) is 2.75. The van der Waals surface area contributed by atoms with Gasteiger partial charge in [-0.05, 0) is 30.9 Å². The van der Waals surface area contributed by atoms with Gasteiger partial charge in [-0.15, -0.1) is 0 Å². The number of carboxylic acid groups (broad SMARTS) is 1. The number of rotatable bonds is 4. The van der Waals surface area contributed by atoms with Gasteiger partial charge in [0.15, 0.2) is 5.84 Å². The quantitative estimate of drug-likeness (QED) is 0.811. The molecule has 0 aliphatic carbocycles. The van der Waals surface area contributed by atoms with E-state index in [-0.39, 0.29) is 58.5 Å². The number of aromatic nitrogens is 1. The van der Waals surface area contributed by atoms with Crippen molar-refractivity contribution in [3.8, 4) is 0 Å². The predicted molar refractivity (Wildman–Crippen MR) is 85.6 cm³/mol. The first kappa shape index (κ1) is 18.8. The molecule has 0 fully saturated rings. The van der Waals surface area contributed by atoms with E-state index in [1.165, 1.54) is 0 Å². The monoisotopic (exact) mass is 313 g/mol. The number of aromatic carboxylic acids is 1. The van der Waals surface area contributed by atoms with Crippen molar-refractivity contribution in [2.45, 2.75) is 39.7 Å². The Morgan fingerprint density at radius 3 is 2.55 bits per heavy atom. The fourth-order valence-corrected chi connectivity index (χ4v) is 2.10. The topological polar surface area (TPSA) is 91.7 Å². The van der Waals surface area contributed by atoms with Gasteiger partial charge in [0.1, 0.15) is 11.2 Å². The van der Waals surface area contributed by atoms with Gasteiger partial charge in [-0.3, -0.25) is 9.78 Å². The summed E-state index contributed by atoms with van der Waals surface area (Å²) in [6.07, 6.45) is 2.30. The number of hydrogen-bond acceptors (Lipinski definition) is 4. The van der Waals surface area contributed by atoms with Crippen LogP contribution >= 0.6 is 0 Å². The predicted octanol–water partition coefficient (Wildman–Crippen LogP) is 0.985. The van der Waals surface area contributed by atoms with Crippen molar-refractivity contribution in [2.75, 3.05) is 0 Å². The van der Waals surface area contributed by atoms with Gasteiger partial charge >= 0.3 is 35.5 Å². The van der Waals surface area contributed by atoms with Crippen LogP contribution in [-0.2, 0) is 11.2 Å². The number of aliphatic imine (C=N–C) groups is 1. The molecule has 0 aromatic carbocycles. The molecular formula is C15H20N3NaO3. The van der Waals surface area contributed by atoms with E-state index in [0.29, 0.717) is 6.42 Å². The summed E-state index contributed by atoms with van der Waals surface area (Å²) >= 11 is 0. The van der Waals surface area contributed by atoms with Crippen molar-refractivity contribution in [1.29, 1.82) is 0 Å². The van der Waals surface area contributed by atoms with E-state index in [0.717, 1.165) is 5.56 Å². The van der Waals surface area contributed by atoms with Crippen LogP contribution in [0.4, 0.5) is 0 Å². The molecular weight excluding hydrogens is 293 g/mol. The Hall–Kier alpha value is -1.24. The summed E-state index contributed by atoms with van der Waals surface area (Å²) in [6, 6.07) is 1.57. The average molecular weight is 313 g/mol. The van der Waals surface area contributed by atoms with Gasteiger partial charge in [-0.1, -0.05) is 20.8 Å². The van der Waals surface area contributed by atoms with E-state index < -0.39 is 11.5 Å². The summed E-state index contributed by atoms with van der Waals surface area (Å²) in [5, 5.41) is 12.0. The molecule has 1 aliphatic rings. The second-order valence-electron chi connectivity index (χ2n) is 5.62. The number of hydrogen-bond donors (Lipinski definition) is 2. The maximum absolute atomic E-state index is 12.1. The van der Waals surface area contributed by atoms with Crippen LogP contribution in [-0.4, -0.2) is 62.9 Å². The molecule has 0 spiro atoms. The van der Waals surface area contributed by atoms with Gasteiger partial charge in [0, 0.05) is 6.20 Å². The Morgan fingerprint density at radius 2 is 2.09 bits per heavy atom. The third-order valence-corrected chi connectivity index (χ3v) is 3.97. The van der Waals surface area contributed by atoms with Crippen molar-refractivity contribution in [2.24, 2.45) is 10.9 Å². The number of carbonyl (C=O) groups excluding carboxylic acids is 1. The number of amides is 1. The van der Waals surface area contributed by atoms with Gasteiger partial charge in [0.2, 0.25) is 0 Å². The molecule has 1 atom stereocenters. The zero-order valence-corrected chi connectivity index (χ0v) is 12.6. The van der Waals surface area contributed by atoms with Gasteiger partial charge in [0.25, 0.3) is 5.91 Å². The normalized spacial score (nSPS) is 20.4. The van der Waals surface area contributed by atoms with E-state index in [1.54, 1.807) is 19.2 Å². The van der Waals surface area contributed by atoms with Crippen molar-refractivity contribution in [3.63, 3.8) is 0 Å². The van der Waals surface area contributed by atoms with E-state index in [1.807, 2.05) is 20.8 Å². The Kier molecular flexibility index (Phi) is 5.89. The first-order chi connectivity index (χ1) is 9.79. The second kappa shape index (κ2) is 6.89. The van der Waals surface area contributed by atoms with Gasteiger partial charge in [-0.25, -0.2) is 9.79 Å². The van der Waals surface area contributed by atoms with E-state index >= 15 is 0 Å². The number of aryl methyl sites for hydroxylation is 1. The molecule has 2 N–H and O–H groups in total. The molecule has 0 saturated heterocycles. The first-order valence-corrected chi connectivity index (χ1v) is 6.93. The summed E-state index contributed by atoms with van der Waals surface area (Å²) in [5.74, 6) is -1.08. The van der Waals surface area contributed by atoms with Crippen LogP contribution in [0.3, 0.4) is 0 Å². The summed E-state index contributed by atoms with van der Waals surface area (Å²) in [4.78, 5) is 32.1. The molecule has 0 saturated carbocycles. The molecule has 2 heterocycles. The molecule has 1 aromatic rings. The number of amidine groups is 1. The van der Waals surface area contributed by atoms with Crippen LogP contribution in [0, 0.1) is 5.92 Å². The summed E-state index contributed by atoms with van der Waals surface area (Å²) < 4.78 is 0. The van der Waals surface area contributed by atoms with Crippen molar-refractivity contribution >= 4 is 47.3 Å². The van der Waals surface area contributed by atoms with Gasteiger partial charge < -0.3 is 10.4 Å². The number of carbonyl (C=O) groups is 2. The molecule has 1 aromatic heterocycles. The van der Waals surface area contributed by atoms with Crippen LogP contribution in [0.5, 0.6) is 0 Å². The third-order valence-electron chi connectivity index (χ3n) is 3.97. The van der Waals surface area contributed by atoms with E-state index in [9.17, 15) is 14.7 Å². The Bertz CT molecular complexity index is 643. The van der Waals surface area contributed by atoms with Crippen LogP contribution in [0.25, 0.3) is 0 Å². The molecule has 1 aliphatic heterocycles. The Morgan fingerprint density at radius 1 is 1.45 bits per heavy atom. The van der Waals surface area contributed by atoms with Crippen LogP contribution < -0.4 is 5.32 Å². The fraction of sp³-hybridized carbons (Fsp3) is 0.467. The van der Waals surface area contributed by atoms with Gasteiger partial charge in [-0.2, -0.15) is 0 Å². The zero-order chi connectivity index (χ0) is 15.8. The molecule has 7 heteroatoms. The first-order valence-electron chi connectivity index (χ1n) is 6.93. The number of carboxylic acids is 1. The minimum atomic E-state index is -1.08. The molecule has 114 valence electrons. The minimum absolute atomic E-state index is 0. The van der Waals surface area contributed by atoms with Crippen LogP contribution in [0.1, 0.15) is 49.3 Å². The molecule has 0 bridgehead atoms. The molecule has 6 nitrogen and oxygen atoms in total. The van der Waals surface area contributed by atoms with Gasteiger partial charge in [0.05, 0.1) is 5.56 Å². The van der Waals surface area contributed by atoms with Crippen molar-refractivity contribution in [3.05, 3.63) is 29.1 Å². The molecule has 1 amide bonds. The Balaban J connectivity index is 0.00000242. The van der Waals surface area contributed by atoms with Crippen LogP contribution in [0.15, 0.2) is 17.3 Å². The molecule has 0 radical (unpaired) electrons. The van der Waals surface area contributed by atoms with E-state index in [4.69, 9.17) is 0 Å². The second-order valence-corrected chi connectivity index (χ2v) is 5.62. The van der Waals surface area contributed by atoms with Crippen LogP contribution in [0.2, 0.25) is 0 Å². The molecule has 22 heavy (non-hydrogen) atoms. The number of nitrogens with zero attached hydrogens (tertiary/aromatic N) is 2. The zero-order valence-electron chi connectivity index (χ0n) is 12.6. The number of nitrogens with one attached hydrogen (secondary N) is 1. The van der Waals surface area contributed by atoms with Crippen molar-refractivity contribution in [1.82, 2.24) is 10.3 Å². The Labute approximate surface area is 151 Å². The summed E-state index contributed by atoms with van der Waals surface area (Å²) in [6.45, 7) is 7.46. The summed E-state index contributed by atoms with van der Waals surface area (Å²) in [7, 11) is 0. The SMILES string of the molecule is CCc1cnc(C2=NC(C)(C(C)C)C(=O)N2)c(C(=O)O)c1.[NaH]. The third kappa shape index (κ3) is 3.24. The van der Waals surface area contributed by atoms with Crippen molar-refractivity contribution < 1.29 is 14.7 Å². The summed E-state index contributed by atoms with van der Waals surface area (Å²) in [5.41, 5.74) is 0.197. The molecule has 2 rings (SSSR count). The number of pyridine rings is 1. The standard InChI is InChI=1S/C15H19N3O3.Na.H/c1-5-9-6-10(13(19)20)11(16-7-9)12-17-14(21)15(4,18-12)8(2)3;;/h6-8H,5H2,1-4H3,(H,19,20)(H,17,18,21);;. The molecule has 1 unspecified atom stereocenters. The maximum atomic E-state index is 12.1.